The van der Waals surface area contributed by atoms with Crippen molar-refractivity contribution in [1.82, 2.24) is 14.6 Å². The summed E-state index contributed by atoms with van der Waals surface area (Å²) in [5.74, 6) is 1.28. The predicted octanol–water partition coefficient (Wildman–Crippen LogP) is 1.71. The van der Waals surface area contributed by atoms with Gasteiger partial charge in [0.2, 0.25) is 10.7 Å². The molecule has 0 unspecified atom stereocenters. The van der Waals surface area contributed by atoms with Gasteiger partial charge in [0.1, 0.15) is 4.53 Å². The molecule has 0 saturated heterocycles. The van der Waals surface area contributed by atoms with Crippen LogP contribution >= 0.6 is 11.3 Å². The van der Waals surface area contributed by atoms with Crippen molar-refractivity contribution in [3.63, 3.8) is 0 Å². The number of amides is 1. The molecule has 0 saturated carbocycles. The van der Waals surface area contributed by atoms with Crippen LogP contribution in [0.5, 0.6) is 17.2 Å². The summed E-state index contributed by atoms with van der Waals surface area (Å²) in [6.07, 6.45) is 0. The molecule has 1 aliphatic heterocycles. The molecule has 0 atom stereocenters. The van der Waals surface area contributed by atoms with Crippen LogP contribution in [-0.2, 0) is 4.79 Å². The van der Waals surface area contributed by atoms with E-state index in [0.717, 1.165) is 11.3 Å². The molecule has 5 rings (SSSR count). The van der Waals surface area contributed by atoms with E-state index in [0.29, 0.717) is 55.0 Å². The van der Waals surface area contributed by atoms with E-state index < -0.39 is 0 Å². The van der Waals surface area contributed by atoms with Crippen molar-refractivity contribution in [2.24, 2.45) is 0 Å². The summed E-state index contributed by atoms with van der Waals surface area (Å²) in [4.78, 5) is 26.3. The van der Waals surface area contributed by atoms with Crippen LogP contribution in [0.1, 0.15) is 5.56 Å². The Morgan fingerprint density at radius 2 is 1.68 bits per heavy atom. The summed E-state index contributed by atoms with van der Waals surface area (Å²) in [5.41, 5.74) is 1.90. The molecule has 3 heterocycles. The minimum atomic E-state index is -0.365. The lowest BCUT2D eigenvalue weighted by Crippen LogP contribution is -2.28. The maximum absolute atomic E-state index is 13.4. The summed E-state index contributed by atoms with van der Waals surface area (Å²) in [6.45, 7) is 0. The maximum Gasteiger partial charge on any atom is 0.277 e. The zero-order valence-corrected chi connectivity index (χ0v) is 17.6. The van der Waals surface area contributed by atoms with Gasteiger partial charge in [-0.05, 0) is 18.2 Å². The van der Waals surface area contributed by atoms with Gasteiger partial charge in [0.15, 0.2) is 17.3 Å². The van der Waals surface area contributed by atoms with Crippen molar-refractivity contribution in [1.29, 1.82) is 0 Å². The van der Waals surface area contributed by atoms with Crippen LogP contribution in [-0.4, -0.2) is 41.8 Å². The van der Waals surface area contributed by atoms with Crippen LogP contribution in [0.4, 0.5) is 5.69 Å². The molecule has 0 radical (unpaired) electrons. The van der Waals surface area contributed by atoms with E-state index in [9.17, 15) is 9.59 Å². The lowest BCUT2D eigenvalue weighted by Gasteiger charge is -2.13. The molecule has 9 nitrogen and oxygen atoms in total. The van der Waals surface area contributed by atoms with E-state index in [1.165, 1.54) is 25.7 Å². The average molecular weight is 436 g/mol. The van der Waals surface area contributed by atoms with Gasteiger partial charge < -0.3 is 19.5 Å². The number of carbonyl (C=O) groups excluding carboxylic acids is 1. The standard InChI is InChI=1S/C21H16N4O5S/c1-28-13-8-10(9-14(29-2)16(13)30-3)18-23-24-21-25(18)20(27)17(31-21)15-11-6-4-5-7-12(11)22-19(15)26/h4-9H,1-3H3,(H,22,26). The van der Waals surface area contributed by atoms with Gasteiger partial charge in [0, 0.05) is 16.8 Å². The number of rotatable bonds is 4. The van der Waals surface area contributed by atoms with Crippen molar-refractivity contribution >= 4 is 33.5 Å². The first-order chi connectivity index (χ1) is 15.1. The van der Waals surface area contributed by atoms with Crippen LogP contribution in [0.2, 0.25) is 0 Å². The lowest BCUT2D eigenvalue weighted by molar-refractivity contribution is -0.110. The summed E-state index contributed by atoms with van der Waals surface area (Å²) in [5, 5.41) is 11.1. The number of methoxy groups -OCH3 is 3. The van der Waals surface area contributed by atoms with E-state index in [1.54, 1.807) is 18.2 Å². The van der Waals surface area contributed by atoms with E-state index in [2.05, 4.69) is 15.5 Å². The number of hydrogen-bond acceptors (Lipinski definition) is 8. The first-order valence-corrected chi connectivity index (χ1v) is 10.0. The first-order valence-electron chi connectivity index (χ1n) is 9.20. The predicted molar refractivity (Wildman–Crippen MR) is 115 cm³/mol. The highest BCUT2D eigenvalue weighted by molar-refractivity contribution is 7.15. The first kappa shape index (κ1) is 19.1. The van der Waals surface area contributed by atoms with Crippen LogP contribution in [0.15, 0.2) is 41.2 Å². The normalized spacial score (nSPS) is 14.5. The largest absolute Gasteiger partial charge is 0.493 e. The van der Waals surface area contributed by atoms with Crippen molar-refractivity contribution in [3.05, 3.63) is 56.8 Å². The Morgan fingerprint density at radius 1 is 0.968 bits per heavy atom. The molecule has 0 aliphatic carbocycles. The van der Waals surface area contributed by atoms with Gasteiger partial charge in [-0.3, -0.25) is 9.59 Å². The minimum absolute atomic E-state index is 0.307. The molecule has 156 valence electrons. The van der Waals surface area contributed by atoms with Crippen LogP contribution in [0.25, 0.3) is 21.9 Å². The third-order valence-electron chi connectivity index (χ3n) is 5.05. The highest BCUT2D eigenvalue weighted by Gasteiger charge is 2.28. The molecule has 1 aliphatic rings. The number of ether oxygens (including phenoxy) is 3. The number of benzene rings is 2. The number of thiazole rings is 1. The molecular weight excluding hydrogens is 420 g/mol. The Kier molecular flexibility index (Phi) is 4.36. The highest BCUT2D eigenvalue weighted by atomic mass is 32.1. The molecule has 0 fully saturated rings. The number of hydrogen-bond donors (Lipinski definition) is 1. The molecule has 31 heavy (non-hydrogen) atoms. The number of nitrogens with zero attached hydrogens (tertiary/aromatic N) is 3. The Hall–Kier alpha value is -3.92. The lowest BCUT2D eigenvalue weighted by atomic mass is 10.1. The van der Waals surface area contributed by atoms with Gasteiger partial charge in [-0.25, -0.2) is 4.40 Å². The summed E-state index contributed by atoms with van der Waals surface area (Å²) >= 11 is 1.12. The monoisotopic (exact) mass is 436 g/mol. The second-order valence-electron chi connectivity index (χ2n) is 6.67. The molecule has 4 aromatic rings. The Balaban J connectivity index is 1.78. The van der Waals surface area contributed by atoms with Crippen molar-refractivity contribution in [3.8, 4) is 28.6 Å². The van der Waals surface area contributed by atoms with Crippen LogP contribution < -0.4 is 29.6 Å². The van der Waals surface area contributed by atoms with Crippen LogP contribution in [0, 0.1) is 0 Å². The summed E-state index contributed by atoms with van der Waals surface area (Å²) in [6, 6.07) is 10.6. The molecule has 2 aromatic carbocycles. The Bertz CT molecular complexity index is 1450. The Morgan fingerprint density at radius 3 is 2.35 bits per heavy atom. The topological polar surface area (TPSA) is 104 Å². The number of nitrogens with one attached hydrogen (secondary N) is 1. The summed E-state index contributed by atoms with van der Waals surface area (Å²) < 4.78 is 17.9. The van der Waals surface area contributed by atoms with Gasteiger partial charge in [0.05, 0.1) is 26.9 Å². The fourth-order valence-corrected chi connectivity index (χ4v) is 4.66. The van der Waals surface area contributed by atoms with Crippen molar-refractivity contribution in [2.75, 3.05) is 26.6 Å². The molecule has 1 N–H and O–H groups in total. The highest BCUT2D eigenvalue weighted by Crippen LogP contribution is 2.40. The third kappa shape index (κ3) is 2.76. The maximum atomic E-state index is 13.4. The minimum Gasteiger partial charge on any atom is -0.493 e. The van der Waals surface area contributed by atoms with Crippen molar-refractivity contribution in [2.45, 2.75) is 0 Å². The molecule has 0 spiro atoms. The SMILES string of the molecule is COc1cc(-c2nnc3sc(=C4C(=O)Nc5ccccc54)c(=O)n23)cc(OC)c1OC. The van der Waals surface area contributed by atoms with Gasteiger partial charge in [0.25, 0.3) is 11.5 Å². The summed E-state index contributed by atoms with van der Waals surface area (Å²) in [7, 11) is 4.53. The van der Waals surface area contributed by atoms with E-state index in [4.69, 9.17) is 14.2 Å². The molecule has 1 amide bonds. The van der Waals surface area contributed by atoms with Gasteiger partial charge in [-0.15, -0.1) is 10.2 Å². The second-order valence-corrected chi connectivity index (χ2v) is 7.64. The van der Waals surface area contributed by atoms with E-state index in [1.807, 2.05) is 18.2 Å². The smallest absolute Gasteiger partial charge is 0.277 e. The number of carbonyl (C=O) groups is 1. The number of fused-ring (bicyclic) bond motifs is 2. The zero-order chi connectivity index (χ0) is 21.7. The molecule has 10 heteroatoms. The van der Waals surface area contributed by atoms with Crippen molar-refractivity contribution < 1.29 is 19.0 Å². The van der Waals surface area contributed by atoms with Gasteiger partial charge in [-0.1, -0.05) is 29.5 Å². The van der Waals surface area contributed by atoms with Crippen LogP contribution in [0.3, 0.4) is 0 Å². The third-order valence-corrected chi connectivity index (χ3v) is 6.08. The quantitative estimate of drug-likeness (QED) is 0.519. The fraction of sp³-hybridized carbons (Fsp3) is 0.143. The molecular formula is C21H16N4O5S. The number of aromatic nitrogens is 3. The fourth-order valence-electron chi connectivity index (χ4n) is 3.65. The molecule has 2 aromatic heterocycles. The number of para-hydroxylation sites is 1. The molecule has 0 bridgehead atoms. The average Bonchev–Trinajstić information content (AvgIpc) is 3.44. The van der Waals surface area contributed by atoms with Gasteiger partial charge >= 0.3 is 0 Å². The second kappa shape index (κ2) is 7.10. The van der Waals surface area contributed by atoms with E-state index >= 15 is 0 Å². The Labute approximate surface area is 179 Å². The number of anilines is 1. The zero-order valence-electron chi connectivity index (χ0n) is 16.8. The van der Waals surface area contributed by atoms with Gasteiger partial charge in [-0.2, -0.15) is 0 Å². The van der Waals surface area contributed by atoms with E-state index in [-0.39, 0.29) is 11.5 Å².